The van der Waals surface area contributed by atoms with E-state index in [4.69, 9.17) is 17.3 Å². The molecule has 16 heteroatoms. The molecule has 5 aromatic rings. The van der Waals surface area contributed by atoms with Gasteiger partial charge in [-0.3, -0.25) is 34.8 Å². The molecule has 3 saturated heterocycles. The molecule has 0 spiro atoms. The smallest absolute Gasteiger partial charge is 0.265 e. The lowest BCUT2D eigenvalue weighted by Crippen LogP contribution is -2.47. The number of nitrogens with one attached hydrogen (secondary N) is 4. The second kappa shape index (κ2) is 19.7. The largest absolute Gasteiger partial charge is 0.369 e. The average Bonchev–Trinajstić information content (AvgIpc) is 3.29. The van der Waals surface area contributed by atoms with Crippen molar-refractivity contribution in [3.05, 3.63) is 125 Å². The van der Waals surface area contributed by atoms with Crippen LogP contribution in [0.1, 0.15) is 70.7 Å². The van der Waals surface area contributed by atoms with Crippen LogP contribution >= 0.6 is 11.6 Å². The number of halogens is 2. The van der Waals surface area contributed by atoms with Crippen molar-refractivity contribution in [3.8, 4) is 11.1 Å². The van der Waals surface area contributed by atoms with Crippen molar-refractivity contribution in [3.63, 3.8) is 0 Å². The number of hydrogen-bond acceptors (Lipinski definition) is 11. The number of hydrogen-bond donors (Lipinski definition) is 5. The number of primary amides is 1. The summed E-state index contributed by atoms with van der Waals surface area (Å²) in [5.41, 5.74) is 13.7. The topological polar surface area (TPSA) is 178 Å². The molecular formula is C47H50ClFN10O4. The Kier molecular flexibility index (Phi) is 13.5. The molecule has 8 rings (SSSR count). The summed E-state index contributed by atoms with van der Waals surface area (Å²) in [7, 11) is 0. The number of hydrazine groups is 1. The zero-order valence-electron chi connectivity index (χ0n) is 34.8. The molecule has 3 aliphatic rings. The highest BCUT2D eigenvalue weighted by molar-refractivity contribution is 6.33. The van der Waals surface area contributed by atoms with Gasteiger partial charge in [0.2, 0.25) is 23.7 Å². The number of carbonyl (C=O) groups is 4. The van der Waals surface area contributed by atoms with E-state index in [2.05, 4.69) is 53.3 Å². The molecule has 0 aliphatic carbocycles. The standard InChI is InChI=1S/C47H50ClFN10O4/c48-40-6-2-1-5-37(40)39-28-34(13-16-38(39)43(50)61)52-44-41(49)29-51-47(55-44)53-33-11-7-32(8-12-33)45(62)56-59-22-19-30(20-23-59)4-3-21-57-24-26-58(27-25-57)35-14-9-31(10-15-35)36-17-18-42(60)54-46(36)63/h1-2,5-16,28-30,36H,3-4,17-27H2,(H2,50,61)(H,56,62)(H,54,60,63)(H2,51,52,53,55). The number of piperazine rings is 1. The van der Waals surface area contributed by atoms with Crippen LogP contribution in [0.25, 0.3) is 11.1 Å². The predicted molar refractivity (Wildman–Crippen MR) is 242 cm³/mol. The van der Waals surface area contributed by atoms with Gasteiger partial charge in [-0.25, -0.2) is 14.4 Å². The number of piperidine rings is 2. The number of rotatable bonds is 14. The SMILES string of the molecule is NC(=O)c1ccc(Nc2nc(Nc3ccc(C(=O)NN4CCC(CCCN5CCN(c6ccc(C7CCC(=O)NC7=O)cc6)CC5)CC4)cc3)ncc2F)cc1-c1ccccc1Cl. The number of nitrogens with zero attached hydrogens (tertiary/aromatic N) is 5. The normalized spacial score (nSPS) is 17.6. The zero-order valence-corrected chi connectivity index (χ0v) is 35.5. The number of amides is 4. The van der Waals surface area contributed by atoms with E-state index in [9.17, 15) is 23.6 Å². The Morgan fingerprint density at radius 2 is 1.57 bits per heavy atom. The van der Waals surface area contributed by atoms with Gasteiger partial charge in [-0.15, -0.1) is 0 Å². The van der Waals surface area contributed by atoms with Crippen molar-refractivity contribution in [2.24, 2.45) is 11.7 Å². The quantitative estimate of drug-likeness (QED) is 0.0726. The summed E-state index contributed by atoms with van der Waals surface area (Å²) in [5, 5.41) is 10.9. The highest BCUT2D eigenvalue weighted by Gasteiger charge is 2.28. The van der Waals surface area contributed by atoms with Crippen LogP contribution in [0.15, 0.2) is 97.2 Å². The fraction of sp³-hybridized carbons (Fsp3) is 0.319. The van der Waals surface area contributed by atoms with E-state index in [-0.39, 0.29) is 41.0 Å². The van der Waals surface area contributed by atoms with Gasteiger partial charge in [-0.2, -0.15) is 4.98 Å². The van der Waals surface area contributed by atoms with E-state index in [0.29, 0.717) is 51.8 Å². The van der Waals surface area contributed by atoms with Gasteiger partial charge in [0.05, 0.1) is 12.1 Å². The Hall–Kier alpha value is -6.42. The number of benzene rings is 4. The maximum atomic E-state index is 14.9. The monoisotopic (exact) mass is 872 g/mol. The first-order valence-electron chi connectivity index (χ1n) is 21.4. The van der Waals surface area contributed by atoms with E-state index < -0.39 is 11.7 Å². The Labute approximate surface area is 370 Å². The summed E-state index contributed by atoms with van der Waals surface area (Å²) in [4.78, 5) is 62.5. The van der Waals surface area contributed by atoms with Crippen LogP contribution in [0.4, 0.5) is 33.2 Å². The zero-order chi connectivity index (χ0) is 43.9. The summed E-state index contributed by atoms with van der Waals surface area (Å²) in [6.45, 7) is 6.62. The maximum absolute atomic E-state index is 14.9. The average molecular weight is 873 g/mol. The van der Waals surface area contributed by atoms with Crippen molar-refractivity contribution in [2.45, 2.75) is 44.4 Å². The number of imide groups is 1. The summed E-state index contributed by atoms with van der Waals surface area (Å²) in [6, 6.07) is 27.0. The lowest BCUT2D eigenvalue weighted by Gasteiger charge is -2.37. The first kappa shape index (κ1) is 43.2. The van der Waals surface area contributed by atoms with Crippen molar-refractivity contribution in [1.29, 1.82) is 0 Å². The van der Waals surface area contributed by atoms with Crippen molar-refractivity contribution >= 4 is 64.1 Å². The van der Waals surface area contributed by atoms with Gasteiger partial charge in [0.15, 0.2) is 11.6 Å². The van der Waals surface area contributed by atoms with Crippen LogP contribution in [-0.2, 0) is 9.59 Å². The van der Waals surface area contributed by atoms with Gasteiger partial charge in [0, 0.05) is 84.5 Å². The molecule has 3 aliphatic heterocycles. The Morgan fingerprint density at radius 1 is 0.841 bits per heavy atom. The number of nitrogens with two attached hydrogens (primary N) is 1. The van der Waals surface area contributed by atoms with E-state index in [0.717, 1.165) is 82.5 Å². The molecule has 4 heterocycles. The molecule has 4 aromatic carbocycles. The third kappa shape index (κ3) is 10.8. The maximum Gasteiger partial charge on any atom is 0.265 e. The Balaban J connectivity index is 0.751. The van der Waals surface area contributed by atoms with Gasteiger partial charge in [-0.05, 0) is 116 Å². The number of anilines is 5. The summed E-state index contributed by atoms with van der Waals surface area (Å²) >= 11 is 6.41. The molecule has 326 valence electrons. The van der Waals surface area contributed by atoms with Crippen molar-refractivity contribution in [1.82, 2.24) is 30.6 Å². The molecule has 1 aromatic heterocycles. The predicted octanol–water partition coefficient (Wildman–Crippen LogP) is 7.00. The molecule has 6 N–H and O–H groups in total. The minimum atomic E-state index is -0.684. The summed E-state index contributed by atoms with van der Waals surface area (Å²) in [6.07, 6.45) is 6.37. The highest BCUT2D eigenvalue weighted by Crippen LogP contribution is 2.34. The molecule has 3 fully saturated rings. The second-order valence-electron chi connectivity index (χ2n) is 16.3. The van der Waals surface area contributed by atoms with Crippen LogP contribution in [-0.4, -0.2) is 89.3 Å². The molecule has 0 saturated carbocycles. The second-order valence-corrected chi connectivity index (χ2v) is 16.7. The van der Waals surface area contributed by atoms with Crippen molar-refractivity contribution in [2.75, 3.05) is 61.3 Å². The first-order chi connectivity index (χ1) is 30.6. The lowest BCUT2D eigenvalue weighted by atomic mass is 9.90. The van der Waals surface area contributed by atoms with E-state index in [1.54, 1.807) is 66.7 Å². The number of carbonyl (C=O) groups excluding carboxylic acids is 4. The molecule has 14 nitrogen and oxygen atoms in total. The minimum absolute atomic E-state index is 0.0894. The van der Waals surface area contributed by atoms with Gasteiger partial charge >= 0.3 is 0 Å². The Morgan fingerprint density at radius 3 is 2.29 bits per heavy atom. The van der Waals surface area contributed by atoms with Crippen LogP contribution in [0.2, 0.25) is 5.02 Å². The first-order valence-corrected chi connectivity index (χ1v) is 21.8. The van der Waals surface area contributed by atoms with Crippen LogP contribution < -0.4 is 32.0 Å². The Bertz CT molecular complexity index is 2460. The van der Waals surface area contributed by atoms with Gasteiger partial charge in [-0.1, -0.05) is 41.9 Å². The third-order valence-corrected chi connectivity index (χ3v) is 12.4. The van der Waals surface area contributed by atoms with Crippen LogP contribution in [0, 0.1) is 11.7 Å². The molecule has 4 amide bonds. The molecule has 1 unspecified atom stereocenters. The third-order valence-electron chi connectivity index (χ3n) is 12.1. The number of aromatic nitrogens is 2. The molecule has 0 radical (unpaired) electrons. The van der Waals surface area contributed by atoms with E-state index in [1.165, 1.54) is 6.42 Å². The fourth-order valence-corrected chi connectivity index (χ4v) is 8.77. The minimum Gasteiger partial charge on any atom is -0.369 e. The molecule has 1 atom stereocenters. The summed E-state index contributed by atoms with van der Waals surface area (Å²) in [5.74, 6) is -1.48. The van der Waals surface area contributed by atoms with Gasteiger partial charge < -0.3 is 21.3 Å². The van der Waals surface area contributed by atoms with E-state index >= 15 is 0 Å². The van der Waals surface area contributed by atoms with Crippen LogP contribution in [0.5, 0.6) is 0 Å². The molecule has 63 heavy (non-hydrogen) atoms. The molecule has 0 bridgehead atoms. The van der Waals surface area contributed by atoms with Crippen molar-refractivity contribution < 1.29 is 23.6 Å². The van der Waals surface area contributed by atoms with Crippen LogP contribution in [0.3, 0.4) is 0 Å². The summed E-state index contributed by atoms with van der Waals surface area (Å²) < 4.78 is 14.9. The fourth-order valence-electron chi connectivity index (χ4n) is 8.53. The van der Waals surface area contributed by atoms with Gasteiger partial charge in [0.1, 0.15) is 0 Å². The lowest BCUT2D eigenvalue weighted by molar-refractivity contribution is -0.134. The van der Waals surface area contributed by atoms with E-state index in [1.807, 2.05) is 17.1 Å². The molecular weight excluding hydrogens is 823 g/mol. The van der Waals surface area contributed by atoms with Gasteiger partial charge in [0.25, 0.3) is 5.91 Å². The highest BCUT2D eigenvalue weighted by atomic mass is 35.5.